The third kappa shape index (κ3) is 4.69. The summed E-state index contributed by atoms with van der Waals surface area (Å²) in [6.45, 7) is 2.21. The highest BCUT2D eigenvalue weighted by Crippen LogP contribution is 2.24. The fourth-order valence-corrected chi connectivity index (χ4v) is 3.42. The Morgan fingerprint density at radius 2 is 2.12 bits per heavy atom. The summed E-state index contributed by atoms with van der Waals surface area (Å²) < 4.78 is 12.9. The molecule has 24 heavy (non-hydrogen) atoms. The smallest absolute Gasteiger partial charge is 0.233 e. The maximum Gasteiger partial charge on any atom is 0.233 e. The van der Waals surface area contributed by atoms with Gasteiger partial charge in [-0.05, 0) is 35.9 Å². The molecule has 1 saturated heterocycles. The predicted molar refractivity (Wildman–Crippen MR) is 95.9 cm³/mol. The monoisotopic (exact) mass is 367 g/mol. The van der Waals surface area contributed by atoms with Gasteiger partial charge in [0.1, 0.15) is 5.82 Å². The molecule has 2 heterocycles. The Bertz CT molecular complexity index is 657. The molecule has 4 nitrogen and oxygen atoms in total. The fourth-order valence-electron chi connectivity index (χ4n) is 2.63. The third-order valence-corrected chi connectivity index (χ3v) is 4.81. The maximum absolute atomic E-state index is 12.9. The van der Waals surface area contributed by atoms with Crippen LogP contribution in [0, 0.1) is 5.82 Å². The first kappa shape index (κ1) is 18.7. The molecule has 1 atom stereocenters. The highest BCUT2D eigenvalue weighted by Gasteiger charge is 2.27. The van der Waals surface area contributed by atoms with E-state index in [4.69, 9.17) is 0 Å². The second-order valence-corrected chi connectivity index (χ2v) is 6.38. The number of carbonyl (C=O) groups excluding carboxylic acids is 1. The number of thioether (sulfide) groups is 1. The van der Waals surface area contributed by atoms with Crippen molar-refractivity contribution < 1.29 is 9.18 Å². The Labute approximate surface area is 151 Å². The summed E-state index contributed by atoms with van der Waals surface area (Å²) >= 11 is 1.43. The van der Waals surface area contributed by atoms with Gasteiger partial charge in [0.05, 0.1) is 11.8 Å². The summed E-state index contributed by atoms with van der Waals surface area (Å²) in [4.78, 5) is 19.6. The number of pyridine rings is 1. The second kappa shape index (κ2) is 9.01. The van der Waals surface area contributed by atoms with Crippen molar-refractivity contribution in [3.8, 4) is 0 Å². The molecule has 3 rings (SSSR count). The van der Waals surface area contributed by atoms with Gasteiger partial charge >= 0.3 is 0 Å². The lowest BCUT2D eigenvalue weighted by molar-refractivity contribution is -0.131. The summed E-state index contributed by atoms with van der Waals surface area (Å²) in [5, 5.41) is 3.33. The number of amides is 1. The molecular weight excluding hydrogens is 349 g/mol. The third-order valence-electron chi connectivity index (χ3n) is 3.81. The number of carbonyl (C=O) groups is 1. The lowest BCUT2D eigenvalue weighted by atomic mass is 10.1. The molecule has 1 fully saturated rings. The average molecular weight is 368 g/mol. The van der Waals surface area contributed by atoms with Crippen molar-refractivity contribution in [2.45, 2.75) is 10.9 Å². The van der Waals surface area contributed by atoms with Gasteiger partial charge in [-0.2, -0.15) is 0 Å². The Morgan fingerprint density at radius 3 is 2.83 bits per heavy atom. The first-order chi connectivity index (χ1) is 11.2. The second-order valence-electron chi connectivity index (χ2n) is 5.34. The van der Waals surface area contributed by atoms with Crippen LogP contribution < -0.4 is 5.32 Å². The van der Waals surface area contributed by atoms with E-state index in [1.807, 2.05) is 23.2 Å². The molecule has 0 spiro atoms. The molecule has 2 aromatic rings. The molecule has 128 valence electrons. The summed E-state index contributed by atoms with van der Waals surface area (Å²) in [5.74, 6) is 0.177. The largest absolute Gasteiger partial charge is 0.332 e. The first-order valence-electron chi connectivity index (χ1n) is 7.52. The van der Waals surface area contributed by atoms with Gasteiger partial charge in [0.15, 0.2) is 0 Å². The van der Waals surface area contributed by atoms with Gasteiger partial charge in [-0.1, -0.05) is 6.07 Å². The van der Waals surface area contributed by atoms with Gasteiger partial charge in [0.25, 0.3) is 0 Å². The zero-order valence-electron chi connectivity index (χ0n) is 13.0. The Hall–Kier alpha value is -1.63. The van der Waals surface area contributed by atoms with Crippen LogP contribution in [0.4, 0.5) is 4.39 Å². The van der Waals surface area contributed by atoms with Crippen molar-refractivity contribution in [2.75, 3.05) is 25.4 Å². The van der Waals surface area contributed by atoms with Crippen LogP contribution >= 0.6 is 24.2 Å². The van der Waals surface area contributed by atoms with Gasteiger partial charge in [-0.25, -0.2) is 4.39 Å². The fraction of sp³-hybridized carbons (Fsp3) is 0.294. The number of nitrogens with zero attached hydrogens (tertiary/aromatic N) is 2. The summed E-state index contributed by atoms with van der Waals surface area (Å²) in [5.41, 5.74) is 1.04. The van der Waals surface area contributed by atoms with Crippen LogP contribution in [0.2, 0.25) is 0 Å². The number of hydrogen-bond donors (Lipinski definition) is 1. The molecule has 1 aliphatic heterocycles. The van der Waals surface area contributed by atoms with Crippen molar-refractivity contribution >= 4 is 30.1 Å². The molecule has 0 bridgehead atoms. The van der Waals surface area contributed by atoms with Crippen LogP contribution in [0.1, 0.15) is 11.6 Å². The highest BCUT2D eigenvalue weighted by molar-refractivity contribution is 8.00. The molecule has 0 radical (unpaired) electrons. The Morgan fingerprint density at radius 1 is 1.33 bits per heavy atom. The lowest BCUT2D eigenvalue weighted by Gasteiger charge is -2.36. The SMILES string of the molecule is Cl.O=C(CSc1ccc(F)cc1)N1CCNCC1c1cccnc1. The molecule has 1 aliphatic rings. The molecule has 1 amide bonds. The van der Waals surface area contributed by atoms with Crippen molar-refractivity contribution in [2.24, 2.45) is 0 Å². The van der Waals surface area contributed by atoms with E-state index in [9.17, 15) is 9.18 Å². The van der Waals surface area contributed by atoms with Gasteiger partial charge in [-0.15, -0.1) is 24.2 Å². The zero-order chi connectivity index (χ0) is 16.1. The van der Waals surface area contributed by atoms with Gasteiger partial charge in [-0.3, -0.25) is 9.78 Å². The first-order valence-corrected chi connectivity index (χ1v) is 8.51. The van der Waals surface area contributed by atoms with Crippen molar-refractivity contribution in [1.82, 2.24) is 15.2 Å². The van der Waals surface area contributed by atoms with E-state index in [0.717, 1.165) is 23.5 Å². The van der Waals surface area contributed by atoms with E-state index >= 15 is 0 Å². The minimum Gasteiger partial charge on any atom is -0.332 e. The topological polar surface area (TPSA) is 45.2 Å². The van der Waals surface area contributed by atoms with Gasteiger partial charge in [0, 0.05) is 36.9 Å². The Balaban J connectivity index is 0.00000208. The van der Waals surface area contributed by atoms with Crippen LogP contribution in [-0.2, 0) is 4.79 Å². The van der Waals surface area contributed by atoms with E-state index in [-0.39, 0.29) is 30.2 Å². The number of rotatable bonds is 4. The van der Waals surface area contributed by atoms with E-state index in [1.54, 1.807) is 18.3 Å². The minimum atomic E-state index is -0.264. The van der Waals surface area contributed by atoms with E-state index < -0.39 is 0 Å². The normalized spacial score (nSPS) is 17.2. The Kier molecular flexibility index (Phi) is 7.02. The van der Waals surface area contributed by atoms with Crippen LogP contribution in [0.25, 0.3) is 0 Å². The molecule has 7 heteroatoms. The number of halogens is 2. The van der Waals surface area contributed by atoms with Gasteiger partial charge in [0.2, 0.25) is 5.91 Å². The molecule has 0 aliphatic carbocycles. The molecule has 1 N–H and O–H groups in total. The van der Waals surface area contributed by atoms with Crippen molar-refractivity contribution in [1.29, 1.82) is 0 Å². The number of nitrogens with one attached hydrogen (secondary N) is 1. The number of benzene rings is 1. The summed E-state index contributed by atoms with van der Waals surface area (Å²) in [6.07, 6.45) is 3.54. The average Bonchev–Trinajstić information content (AvgIpc) is 2.62. The maximum atomic E-state index is 12.9. The number of piperazine rings is 1. The quantitative estimate of drug-likeness (QED) is 0.844. The summed E-state index contributed by atoms with van der Waals surface area (Å²) in [6, 6.07) is 10.1. The molecule has 0 saturated carbocycles. The van der Waals surface area contributed by atoms with Crippen LogP contribution in [0.15, 0.2) is 53.7 Å². The van der Waals surface area contributed by atoms with E-state index in [0.29, 0.717) is 12.3 Å². The molecule has 1 aromatic heterocycles. The van der Waals surface area contributed by atoms with Crippen molar-refractivity contribution in [3.05, 3.63) is 60.2 Å². The standard InChI is InChI=1S/C17H18FN3OS.ClH/c18-14-3-5-15(6-4-14)23-12-17(22)21-9-8-20-11-16(21)13-2-1-7-19-10-13;/h1-7,10,16,20H,8-9,11-12H2;1H. The highest BCUT2D eigenvalue weighted by atomic mass is 35.5. The van der Waals surface area contributed by atoms with E-state index in [2.05, 4.69) is 10.3 Å². The van der Waals surface area contributed by atoms with Crippen LogP contribution in [0.3, 0.4) is 0 Å². The van der Waals surface area contributed by atoms with E-state index in [1.165, 1.54) is 23.9 Å². The van der Waals surface area contributed by atoms with Gasteiger partial charge < -0.3 is 10.2 Å². The predicted octanol–water partition coefficient (Wildman–Crippen LogP) is 2.91. The summed E-state index contributed by atoms with van der Waals surface area (Å²) in [7, 11) is 0. The molecule has 1 unspecified atom stereocenters. The van der Waals surface area contributed by atoms with Crippen LogP contribution in [-0.4, -0.2) is 41.2 Å². The number of aromatic nitrogens is 1. The lowest BCUT2D eigenvalue weighted by Crippen LogP contribution is -2.49. The molecule has 1 aromatic carbocycles. The van der Waals surface area contributed by atoms with Crippen LogP contribution in [0.5, 0.6) is 0 Å². The molecular formula is C17H19ClFN3OS. The number of hydrogen-bond acceptors (Lipinski definition) is 4. The zero-order valence-corrected chi connectivity index (χ0v) is 14.7. The van der Waals surface area contributed by atoms with Crippen molar-refractivity contribution in [3.63, 3.8) is 0 Å². The minimum absolute atomic E-state index is 0.